The van der Waals surface area contributed by atoms with E-state index in [9.17, 15) is 15.0 Å². The van der Waals surface area contributed by atoms with Crippen molar-refractivity contribution in [3.63, 3.8) is 0 Å². The third kappa shape index (κ3) is 1.30. The minimum atomic E-state index is -1.12. The van der Waals surface area contributed by atoms with Crippen LogP contribution in [-0.4, -0.2) is 27.7 Å². The van der Waals surface area contributed by atoms with E-state index >= 15 is 0 Å². The Kier molecular flexibility index (Phi) is 2.60. The quantitative estimate of drug-likeness (QED) is 0.879. The minimum Gasteiger partial charge on any atom is -0.504 e. The largest absolute Gasteiger partial charge is 0.504 e. The van der Waals surface area contributed by atoms with Crippen molar-refractivity contribution in [2.45, 2.75) is 50.2 Å². The van der Waals surface area contributed by atoms with Gasteiger partial charge in [0.05, 0.1) is 11.0 Å². The predicted molar refractivity (Wildman–Crippen MR) is 81.1 cm³/mol. The van der Waals surface area contributed by atoms with Crippen molar-refractivity contribution in [2.24, 2.45) is 5.92 Å². The minimum absolute atomic E-state index is 0.0162. The van der Waals surface area contributed by atoms with Crippen LogP contribution in [0.15, 0.2) is 24.3 Å². The van der Waals surface area contributed by atoms with Crippen molar-refractivity contribution in [3.05, 3.63) is 35.4 Å². The average Bonchev–Trinajstić information content (AvgIpc) is 2.84. The Labute approximate surface area is 129 Å². The number of phenols is 1. The van der Waals surface area contributed by atoms with Crippen LogP contribution in [0.25, 0.3) is 0 Å². The van der Waals surface area contributed by atoms with Gasteiger partial charge in [0, 0.05) is 5.56 Å². The second-order valence-electron chi connectivity index (χ2n) is 6.83. The molecule has 1 aromatic rings. The first-order valence-electron chi connectivity index (χ1n) is 7.93. The van der Waals surface area contributed by atoms with Crippen molar-refractivity contribution in [1.82, 2.24) is 0 Å². The van der Waals surface area contributed by atoms with Crippen LogP contribution >= 0.6 is 0 Å². The summed E-state index contributed by atoms with van der Waals surface area (Å²) in [5.74, 6) is 0.290. The van der Waals surface area contributed by atoms with Gasteiger partial charge in [-0.3, -0.25) is 4.79 Å². The summed E-state index contributed by atoms with van der Waals surface area (Å²) in [5.41, 5.74) is 0.0177. The Bertz CT molecular complexity index is 707. The summed E-state index contributed by atoms with van der Waals surface area (Å²) < 4.78 is 5.90. The van der Waals surface area contributed by atoms with Gasteiger partial charge in [-0.2, -0.15) is 0 Å². The lowest BCUT2D eigenvalue weighted by molar-refractivity contribution is -0.137. The highest BCUT2D eigenvalue weighted by atomic mass is 16.5. The van der Waals surface area contributed by atoms with Crippen molar-refractivity contribution < 1.29 is 19.7 Å². The van der Waals surface area contributed by atoms with Crippen molar-refractivity contribution in [3.8, 4) is 11.5 Å². The fourth-order valence-corrected chi connectivity index (χ4v) is 4.84. The maximum absolute atomic E-state index is 12.5. The summed E-state index contributed by atoms with van der Waals surface area (Å²) in [6.45, 7) is 4.06. The summed E-state index contributed by atoms with van der Waals surface area (Å²) >= 11 is 0. The molecule has 4 rings (SSSR count). The number of carbonyl (C=O) groups is 1. The molecule has 1 aliphatic heterocycles. The molecule has 0 radical (unpaired) electrons. The van der Waals surface area contributed by atoms with Crippen molar-refractivity contribution in [2.75, 3.05) is 0 Å². The molecule has 0 saturated heterocycles. The smallest absolute Gasteiger partial charge is 0.196 e. The summed E-state index contributed by atoms with van der Waals surface area (Å²) in [6, 6.07) is 3.52. The topological polar surface area (TPSA) is 66.8 Å². The standard InChI is InChI=1S/C18H20O4/c1-3-7-17-14-11-4-5-12(19)15(14)22-16(17)13(20)6-8-18(17,21)10(2)9-11/h4-6,8,10,16,19,21H,3,7,9H2,1-2H3/t10-,16+,17+,18-/m1/s1. The second kappa shape index (κ2) is 4.13. The van der Waals surface area contributed by atoms with Gasteiger partial charge in [-0.05, 0) is 42.5 Å². The molecule has 0 aromatic heterocycles. The third-order valence-corrected chi connectivity index (χ3v) is 5.75. The van der Waals surface area contributed by atoms with E-state index in [1.54, 1.807) is 12.1 Å². The number of rotatable bonds is 2. The van der Waals surface area contributed by atoms with E-state index in [4.69, 9.17) is 4.74 Å². The van der Waals surface area contributed by atoms with Gasteiger partial charge in [0.25, 0.3) is 0 Å². The number of aliphatic hydroxyl groups is 1. The molecular formula is C18H20O4. The Balaban J connectivity index is 2.11. The molecule has 2 N–H and O–H groups in total. The molecule has 2 aliphatic carbocycles. The van der Waals surface area contributed by atoms with E-state index in [1.165, 1.54) is 6.08 Å². The lowest BCUT2D eigenvalue weighted by Gasteiger charge is -2.53. The number of hydrogen-bond acceptors (Lipinski definition) is 4. The van der Waals surface area contributed by atoms with Gasteiger partial charge in [0.15, 0.2) is 23.4 Å². The second-order valence-corrected chi connectivity index (χ2v) is 6.83. The third-order valence-electron chi connectivity index (χ3n) is 5.75. The fourth-order valence-electron chi connectivity index (χ4n) is 4.84. The molecule has 116 valence electrons. The summed E-state index contributed by atoms with van der Waals surface area (Å²) in [4.78, 5) is 12.5. The maximum atomic E-state index is 12.5. The zero-order valence-corrected chi connectivity index (χ0v) is 12.8. The molecule has 0 bridgehead atoms. The monoisotopic (exact) mass is 300 g/mol. The van der Waals surface area contributed by atoms with Crippen LogP contribution in [-0.2, 0) is 16.6 Å². The van der Waals surface area contributed by atoms with Crippen LogP contribution in [0.5, 0.6) is 11.5 Å². The van der Waals surface area contributed by atoms with Gasteiger partial charge in [0.2, 0.25) is 0 Å². The van der Waals surface area contributed by atoms with E-state index in [0.29, 0.717) is 18.6 Å². The molecule has 1 heterocycles. The van der Waals surface area contributed by atoms with Crippen molar-refractivity contribution >= 4 is 5.78 Å². The summed E-state index contributed by atoms with van der Waals surface area (Å²) in [6.07, 6.45) is 4.55. The van der Waals surface area contributed by atoms with Gasteiger partial charge in [-0.25, -0.2) is 0 Å². The first-order chi connectivity index (χ1) is 10.5. The Morgan fingerprint density at radius 3 is 2.91 bits per heavy atom. The molecule has 4 nitrogen and oxygen atoms in total. The molecule has 0 fully saturated rings. The first-order valence-corrected chi connectivity index (χ1v) is 7.93. The number of carbonyl (C=O) groups excluding carboxylic acids is 1. The number of aromatic hydroxyl groups is 1. The molecule has 22 heavy (non-hydrogen) atoms. The average molecular weight is 300 g/mol. The molecular weight excluding hydrogens is 280 g/mol. The van der Waals surface area contributed by atoms with Gasteiger partial charge in [-0.15, -0.1) is 0 Å². The molecule has 0 unspecified atom stereocenters. The highest BCUT2D eigenvalue weighted by Crippen LogP contribution is 2.62. The van der Waals surface area contributed by atoms with Crippen molar-refractivity contribution in [1.29, 1.82) is 0 Å². The summed E-state index contributed by atoms with van der Waals surface area (Å²) in [5, 5.41) is 21.7. The number of ketones is 1. The normalized spacial score (nSPS) is 37.9. The Morgan fingerprint density at radius 1 is 1.41 bits per heavy atom. The first kappa shape index (κ1) is 13.8. The van der Waals surface area contributed by atoms with E-state index in [0.717, 1.165) is 17.5 Å². The predicted octanol–water partition coefficient (Wildman–Crippen LogP) is 2.25. The van der Waals surface area contributed by atoms with Crippen LogP contribution in [0.2, 0.25) is 0 Å². The lowest BCUT2D eigenvalue weighted by atomic mass is 9.51. The van der Waals surface area contributed by atoms with Crippen LogP contribution in [0.4, 0.5) is 0 Å². The van der Waals surface area contributed by atoms with Crippen LogP contribution < -0.4 is 4.74 Å². The fraction of sp³-hybridized carbons (Fsp3) is 0.500. The van der Waals surface area contributed by atoms with Crippen LogP contribution in [0.1, 0.15) is 37.8 Å². The van der Waals surface area contributed by atoms with Gasteiger partial charge in [0.1, 0.15) is 0 Å². The highest BCUT2D eigenvalue weighted by Gasteiger charge is 2.68. The van der Waals surface area contributed by atoms with Gasteiger partial charge < -0.3 is 14.9 Å². The zero-order valence-electron chi connectivity index (χ0n) is 12.8. The molecule has 0 spiro atoms. The Morgan fingerprint density at radius 2 is 2.18 bits per heavy atom. The number of hydrogen-bond donors (Lipinski definition) is 2. The van der Waals surface area contributed by atoms with E-state index in [-0.39, 0.29) is 17.5 Å². The number of benzene rings is 1. The SMILES string of the molecule is CCC[C@]12c3c4ccc(O)c3O[C@H]1C(=O)C=C[C@@]2(O)[C@H](C)C4. The number of ether oxygens (including phenoxy) is 1. The molecule has 0 amide bonds. The molecule has 4 atom stereocenters. The van der Waals surface area contributed by atoms with E-state index < -0.39 is 17.1 Å². The van der Waals surface area contributed by atoms with Crippen LogP contribution in [0.3, 0.4) is 0 Å². The van der Waals surface area contributed by atoms with Gasteiger partial charge >= 0.3 is 0 Å². The number of phenolic OH excluding ortho intramolecular Hbond substituents is 1. The van der Waals surface area contributed by atoms with E-state index in [2.05, 4.69) is 0 Å². The summed E-state index contributed by atoms with van der Waals surface area (Å²) in [7, 11) is 0. The Hall–Kier alpha value is -1.81. The zero-order chi connectivity index (χ0) is 15.7. The highest BCUT2D eigenvalue weighted by molar-refractivity contribution is 5.98. The molecule has 0 saturated carbocycles. The maximum Gasteiger partial charge on any atom is 0.196 e. The van der Waals surface area contributed by atoms with Gasteiger partial charge in [-0.1, -0.05) is 26.3 Å². The lowest BCUT2D eigenvalue weighted by Crippen LogP contribution is -2.65. The molecule has 3 aliphatic rings. The van der Waals surface area contributed by atoms with E-state index in [1.807, 2.05) is 19.9 Å². The van der Waals surface area contributed by atoms with Crippen LogP contribution in [0, 0.1) is 5.92 Å². The molecule has 1 aromatic carbocycles. The molecule has 4 heteroatoms.